The first-order valence-corrected chi connectivity index (χ1v) is 12.9. The SMILES string of the molecule is CCCOc1ccc(C2C(=C(O)c3ccc4c(c3)OCCO4)C(=O)C(=O)N2c2nccs2)cc1OCC. The minimum Gasteiger partial charge on any atom is -0.507 e. The molecule has 3 aromatic rings. The fraction of sp³-hybridized carbons (Fsp3) is 0.296. The molecule has 10 heteroatoms. The smallest absolute Gasteiger partial charge is 0.301 e. The molecule has 0 aliphatic carbocycles. The summed E-state index contributed by atoms with van der Waals surface area (Å²) in [5, 5.41) is 13.5. The van der Waals surface area contributed by atoms with Crippen molar-refractivity contribution in [2.75, 3.05) is 31.3 Å². The number of thiazole rings is 1. The van der Waals surface area contributed by atoms with Crippen molar-refractivity contribution in [3.63, 3.8) is 0 Å². The highest BCUT2D eigenvalue weighted by molar-refractivity contribution is 7.14. The second-order valence-corrected chi connectivity index (χ2v) is 9.20. The summed E-state index contributed by atoms with van der Waals surface area (Å²) in [6.45, 7) is 5.58. The van der Waals surface area contributed by atoms with Gasteiger partial charge in [0.15, 0.2) is 28.1 Å². The van der Waals surface area contributed by atoms with Crippen LogP contribution in [0.5, 0.6) is 23.0 Å². The zero-order valence-corrected chi connectivity index (χ0v) is 21.2. The number of carbonyl (C=O) groups excluding carboxylic acids is 2. The number of anilines is 1. The number of rotatable bonds is 8. The van der Waals surface area contributed by atoms with Gasteiger partial charge >= 0.3 is 5.91 Å². The van der Waals surface area contributed by atoms with E-state index >= 15 is 0 Å². The van der Waals surface area contributed by atoms with Gasteiger partial charge in [0.2, 0.25) is 0 Å². The van der Waals surface area contributed by atoms with Crippen molar-refractivity contribution < 1.29 is 33.6 Å². The lowest BCUT2D eigenvalue weighted by Crippen LogP contribution is -2.29. The van der Waals surface area contributed by atoms with Crippen molar-refractivity contribution in [2.45, 2.75) is 26.3 Å². The van der Waals surface area contributed by atoms with Gasteiger partial charge in [0, 0.05) is 17.1 Å². The largest absolute Gasteiger partial charge is 0.507 e. The fourth-order valence-electron chi connectivity index (χ4n) is 4.32. The molecule has 2 aliphatic heterocycles. The molecule has 3 heterocycles. The number of fused-ring (bicyclic) bond motifs is 1. The van der Waals surface area contributed by atoms with Crippen LogP contribution in [0.25, 0.3) is 5.76 Å². The quantitative estimate of drug-likeness (QED) is 0.257. The topological polar surface area (TPSA) is 107 Å². The molecule has 1 atom stereocenters. The van der Waals surface area contributed by atoms with E-state index in [9.17, 15) is 14.7 Å². The van der Waals surface area contributed by atoms with Crippen LogP contribution in [0.1, 0.15) is 37.4 Å². The summed E-state index contributed by atoms with van der Waals surface area (Å²) < 4.78 is 22.9. The highest BCUT2D eigenvalue weighted by Gasteiger charge is 2.48. The molecule has 0 bridgehead atoms. The van der Waals surface area contributed by atoms with Gasteiger partial charge in [-0.25, -0.2) is 4.98 Å². The Morgan fingerprint density at radius 2 is 1.89 bits per heavy atom. The zero-order valence-electron chi connectivity index (χ0n) is 20.4. The van der Waals surface area contributed by atoms with Gasteiger partial charge in [0.05, 0.1) is 24.8 Å². The Balaban J connectivity index is 1.66. The average molecular weight is 523 g/mol. The van der Waals surface area contributed by atoms with Crippen LogP contribution in [0, 0.1) is 0 Å². The van der Waals surface area contributed by atoms with Gasteiger partial charge in [-0.3, -0.25) is 14.5 Å². The number of carbonyl (C=O) groups is 2. The number of ether oxygens (including phenoxy) is 4. The van der Waals surface area contributed by atoms with Gasteiger partial charge < -0.3 is 24.1 Å². The van der Waals surface area contributed by atoms with E-state index in [1.54, 1.807) is 48.0 Å². The summed E-state index contributed by atoms with van der Waals surface area (Å²) in [6.07, 6.45) is 2.39. The second kappa shape index (κ2) is 10.5. The monoisotopic (exact) mass is 522 g/mol. The first-order chi connectivity index (χ1) is 18.0. The Morgan fingerprint density at radius 3 is 2.62 bits per heavy atom. The number of nitrogens with zero attached hydrogens (tertiary/aromatic N) is 2. The highest BCUT2D eigenvalue weighted by Crippen LogP contribution is 2.45. The molecule has 1 aromatic heterocycles. The van der Waals surface area contributed by atoms with Crippen molar-refractivity contribution >= 4 is 33.9 Å². The number of hydrogen-bond donors (Lipinski definition) is 1. The first kappa shape index (κ1) is 24.6. The maximum Gasteiger partial charge on any atom is 0.301 e. The molecule has 0 radical (unpaired) electrons. The van der Waals surface area contributed by atoms with Gasteiger partial charge in [-0.15, -0.1) is 11.3 Å². The molecule has 0 spiro atoms. The molecule has 1 N–H and O–H groups in total. The lowest BCUT2D eigenvalue weighted by atomic mass is 9.95. The minimum absolute atomic E-state index is 0.0541. The number of hydrogen-bond acceptors (Lipinski definition) is 9. The molecule has 2 aromatic carbocycles. The predicted molar refractivity (Wildman–Crippen MR) is 138 cm³/mol. The van der Waals surface area contributed by atoms with E-state index in [-0.39, 0.29) is 11.3 Å². The van der Waals surface area contributed by atoms with Crippen molar-refractivity contribution in [2.24, 2.45) is 0 Å². The normalized spacial score (nSPS) is 18.2. The number of aromatic nitrogens is 1. The Bertz CT molecular complexity index is 1350. The van der Waals surface area contributed by atoms with Gasteiger partial charge in [-0.1, -0.05) is 13.0 Å². The molecule has 1 amide bonds. The molecule has 9 nitrogen and oxygen atoms in total. The number of amides is 1. The minimum atomic E-state index is -0.932. The summed E-state index contributed by atoms with van der Waals surface area (Å²) in [5.41, 5.74) is 0.849. The molecular formula is C27H26N2O7S. The number of benzene rings is 2. The molecule has 5 rings (SSSR count). The summed E-state index contributed by atoms with van der Waals surface area (Å²) in [6, 6.07) is 9.23. The van der Waals surface area contributed by atoms with E-state index in [0.717, 1.165) is 6.42 Å². The Hall–Kier alpha value is -4.05. The maximum atomic E-state index is 13.4. The van der Waals surface area contributed by atoms with Crippen LogP contribution >= 0.6 is 11.3 Å². The molecule has 37 heavy (non-hydrogen) atoms. The summed E-state index contributed by atoms with van der Waals surface area (Å²) >= 11 is 1.23. The van der Waals surface area contributed by atoms with Crippen LogP contribution < -0.4 is 23.8 Å². The van der Waals surface area contributed by atoms with Crippen molar-refractivity contribution in [1.82, 2.24) is 4.98 Å². The fourth-order valence-corrected chi connectivity index (χ4v) is 4.99. The van der Waals surface area contributed by atoms with E-state index in [4.69, 9.17) is 18.9 Å². The molecule has 1 unspecified atom stereocenters. The van der Waals surface area contributed by atoms with Crippen LogP contribution in [0.3, 0.4) is 0 Å². The third-order valence-corrected chi connectivity index (χ3v) is 6.70. The van der Waals surface area contributed by atoms with Crippen molar-refractivity contribution in [3.8, 4) is 23.0 Å². The van der Waals surface area contributed by atoms with E-state index in [0.29, 0.717) is 65.7 Å². The van der Waals surface area contributed by atoms with Gasteiger partial charge in [0.1, 0.15) is 19.0 Å². The van der Waals surface area contributed by atoms with Crippen LogP contribution in [0.15, 0.2) is 53.5 Å². The third-order valence-electron chi connectivity index (χ3n) is 5.93. The van der Waals surface area contributed by atoms with Crippen LogP contribution in [-0.4, -0.2) is 48.2 Å². The molecule has 1 fully saturated rings. The van der Waals surface area contributed by atoms with E-state index in [2.05, 4.69) is 4.98 Å². The summed E-state index contributed by atoms with van der Waals surface area (Å²) in [7, 11) is 0. The van der Waals surface area contributed by atoms with Crippen molar-refractivity contribution in [1.29, 1.82) is 0 Å². The van der Waals surface area contributed by atoms with Gasteiger partial charge in [-0.05, 0) is 49.2 Å². The molecule has 1 saturated heterocycles. The first-order valence-electron chi connectivity index (χ1n) is 12.0. The lowest BCUT2D eigenvalue weighted by molar-refractivity contribution is -0.132. The zero-order chi connectivity index (χ0) is 25.9. The predicted octanol–water partition coefficient (Wildman–Crippen LogP) is 4.73. The average Bonchev–Trinajstić information content (AvgIpc) is 3.54. The third kappa shape index (κ3) is 4.60. The van der Waals surface area contributed by atoms with Crippen LogP contribution in [0.2, 0.25) is 0 Å². The van der Waals surface area contributed by atoms with Crippen molar-refractivity contribution in [3.05, 3.63) is 64.7 Å². The Kier molecular flexibility index (Phi) is 7.00. The number of aliphatic hydroxyl groups excluding tert-OH is 1. The molecule has 192 valence electrons. The Morgan fingerprint density at radius 1 is 1.08 bits per heavy atom. The maximum absolute atomic E-state index is 13.4. The second-order valence-electron chi connectivity index (χ2n) is 8.33. The van der Waals surface area contributed by atoms with Crippen LogP contribution in [0.4, 0.5) is 5.13 Å². The molecular weight excluding hydrogens is 496 g/mol. The van der Waals surface area contributed by atoms with E-state index in [1.165, 1.54) is 16.2 Å². The Labute approximate surface area is 217 Å². The van der Waals surface area contributed by atoms with Crippen LogP contribution in [-0.2, 0) is 9.59 Å². The number of ketones is 1. The lowest BCUT2D eigenvalue weighted by Gasteiger charge is -2.24. The number of aliphatic hydroxyl groups is 1. The number of Topliss-reactive ketones (excluding diaryl/α,β-unsaturated/α-hetero) is 1. The molecule has 0 saturated carbocycles. The van der Waals surface area contributed by atoms with E-state index in [1.807, 2.05) is 13.8 Å². The highest BCUT2D eigenvalue weighted by atomic mass is 32.1. The van der Waals surface area contributed by atoms with Gasteiger partial charge in [0.25, 0.3) is 5.78 Å². The summed E-state index contributed by atoms with van der Waals surface area (Å²) in [5.74, 6) is 0.149. The van der Waals surface area contributed by atoms with Gasteiger partial charge in [-0.2, -0.15) is 0 Å². The molecule has 2 aliphatic rings. The standard InChI is InChI=1S/C27H26N2O7S/c1-3-10-34-18-7-5-16(14-20(18)33-4-2)23-22(25(31)26(32)29(23)27-28-9-13-37-27)24(30)17-6-8-19-21(15-17)36-12-11-35-19/h5-9,13-15,23,30H,3-4,10-12H2,1-2H3. The summed E-state index contributed by atoms with van der Waals surface area (Å²) in [4.78, 5) is 32.2. The van der Waals surface area contributed by atoms with E-state index < -0.39 is 17.7 Å².